The van der Waals surface area contributed by atoms with Crippen molar-refractivity contribution >= 4 is 0 Å². The topological polar surface area (TPSA) is 57.8 Å². The van der Waals surface area contributed by atoms with Crippen LogP contribution in [-0.2, 0) is 6.54 Å². The van der Waals surface area contributed by atoms with E-state index in [0.717, 1.165) is 35.9 Å². The van der Waals surface area contributed by atoms with E-state index < -0.39 is 11.6 Å². The summed E-state index contributed by atoms with van der Waals surface area (Å²) in [6, 6.07) is 9.47. The van der Waals surface area contributed by atoms with Gasteiger partial charge >= 0.3 is 0 Å². The second-order valence-corrected chi connectivity index (χ2v) is 7.69. The van der Waals surface area contributed by atoms with E-state index >= 15 is 0 Å². The van der Waals surface area contributed by atoms with E-state index in [1.807, 2.05) is 40.6 Å². The highest BCUT2D eigenvalue weighted by atomic mass is 19.1. The summed E-state index contributed by atoms with van der Waals surface area (Å²) in [5.74, 6) is 0.523. The third-order valence-electron chi connectivity index (χ3n) is 5.64. The first-order valence-electron chi connectivity index (χ1n) is 10.1. The molecule has 8 heteroatoms. The second kappa shape index (κ2) is 7.61. The third kappa shape index (κ3) is 3.48. The molecule has 0 spiro atoms. The predicted octanol–water partition coefficient (Wildman–Crippen LogP) is 4.65. The molecule has 1 aliphatic heterocycles. The van der Waals surface area contributed by atoms with Crippen molar-refractivity contribution in [1.29, 1.82) is 0 Å². The standard InChI is InChI=1S/C23H21F2N5O/c1-14-12-29(13-26-14)20-8-5-15(10-21(20)31-2)22-27-23-18(4-3-9-30(23)28-22)17-7-6-16(24)11-19(17)25/h5-8,10-13,18H,3-4,9H2,1-2H3. The highest BCUT2D eigenvalue weighted by Gasteiger charge is 2.28. The van der Waals surface area contributed by atoms with Gasteiger partial charge in [-0.3, -0.25) is 0 Å². The average Bonchev–Trinajstić information content (AvgIpc) is 3.39. The van der Waals surface area contributed by atoms with Crippen molar-refractivity contribution in [2.24, 2.45) is 0 Å². The fraction of sp³-hybridized carbons (Fsp3) is 0.261. The van der Waals surface area contributed by atoms with Gasteiger partial charge in [0.1, 0.15) is 23.2 Å². The summed E-state index contributed by atoms with van der Waals surface area (Å²) in [6.45, 7) is 2.64. The van der Waals surface area contributed by atoms with Crippen LogP contribution in [0, 0.1) is 18.6 Å². The summed E-state index contributed by atoms with van der Waals surface area (Å²) in [4.78, 5) is 9.01. The Morgan fingerprint density at radius 1 is 1.13 bits per heavy atom. The van der Waals surface area contributed by atoms with Crippen LogP contribution >= 0.6 is 0 Å². The van der Waals surface area contributed by atoms with Gasteiger partial charge in [0, 0.05) is 30.3 Å². The molecule has 0 fully saturated rings. The minimum absolute atomic E-state index is 0.259. The number of methoxy groups -OCH3 is 1. The van der Waals surface area contributed by atoms with Crippen LogP contribution in [0.1, 0.15) is 35.8 Å². The fourth-order valence-electron chi connectivity index (χ4n) is 4.13. The first-order valence-corrected chi connectivity index (χ1v) is 10.1. The normalized spacial score (nSPS) is 15.7. The largest absolute Gasteiger partial charge is 0.495 e. The van der Waals surface area contributed by atoms with Crippen molar-refractivity contribution in [2.45, 2.75) is 32.2 Å². The zero-order valence-corrected chi connectivity index (χ0v) is 17.2. The van der Waals surface area contributed by atoms with Crippen LogP contribution in [0.2, 0.25) is 0 Å². The van der Waals surface area contributed by atoms with E-state index in [-0.39, 0.29) is 5.92 Å². The van der Waals surface area contributed by atoms with Crippen LogP contribution in [0.3, 0.4) is 0 Å². The quantitative estimate of drug-likeness (QED) is 0.481. The van der Waals surface area contributed by atoms with Gasteiger partial charge in [0.2, 0.25) is 0 Å². The summed E-state index contributed by atoms with van der Waals surface area (Å²) in [5.41, 5.74) is 3.03. The number of aromatic nitrogens is 5. The molecule has 0 saturated heterocycles. The highest BCUT2D eigenvalue weighted by molar-refractivity contribution is 5.63. The molecular weight excluding hydrogens is 400 g/mol. The number of rotatable bonds is 4. The lowest BCUT2D eigenvalue weighted by Gasteiger charge is -2.22. The lowest BCUT2D eigenvalue weighted by Crippen LogP contribution is -2.18. The molecule has 158 valence electrons. The number of fused-ring (bicyclic) bond motifs is 1. The van der Waals surface area contributed by atoms with Crippen LogP contribution in [0.15, 0.2) is 48.9 Å². The van der Waals surface area contributed by atoms with E-state index in [4.69, 9.17) is 9.72 Å². The number of benzene rings is 2. The monoisotopic (exact) mass is 421 g/mol. The van der Waals surface area contributed by atoms with E-state index in [2.05, 4.69) is 10.1 Å². The van der Waals surface area contributed by atoms with Gasteiger partial charge in [0.25, 0.3) is 0 Å². The van der Waals surface area contributed by atoms with Crippen LogP contribution < -0.4 is 4.74 Å². The maximum atomic E-state index is 14.4. The predicted molar refractivity (Wildman–Crippen MR) is 111 cm³/mol. The van der Waals surface area contributed by atoms with Crippen LogP contribution in [0.4, 0.5) is 8.78 Å². The van der Waals surface area contributed by atoms with Gasteiger partial charge in [0.05, 0.1) is 24.8 Å². The van der Waals surface area contributed by atoms with Crippen molar-refractivity contribution in [3.05, 3.63) is 77.6 Å². The molecule has 4 aromatic rings. The summed E-state index contributed by atoms with van der Waals surface area (Å²) < 4.78 is 37.1. The Morgan fingerprint density at radius 3 is 2.74 bits per heavy atom. The Labute approximate surface area is 178 Å². The molecular formula is C23H21F2N5O. The van der Waals surface area contributed by atoms with E-state index in [0.29, 0.717) is 29.5 Å². The molecule has 0 N–H and O–H groups in total. The highest BCUT2D eigenvalue weighted by Crippen LogP contribution is 2.36. The van der Waals surface area contributed by atoms with Crippen molar-refractivity contribution in [3.8, 4) is 22.8 Å². The number of hydrogen-bond acceptors (Lipinski definition) is 4. The lowest BCUT2D eigenvalue weighted by atomic mass is 9.91. The van der Waals surface area contributed by atoms with Gasteiger partial charge in [-0.15, -0.1) is 0 Å². The van der Waals surface area contributed by atoms with E-state index in [1.165, 1.54) is 12.1 Å². The molecule has 2 aromatic heterocycles. The zero-order valence-electron chi connectivity index (χ0n) is 17.2. The Balaban J connectivity index is 1.53. The summed E-state index contributed by atoms with van der Waals surface area (Å²) in [6.07, 6.45) is 5.25. The first-order chi connectivity index (χ1) is 15.0. The van der Waals surface area contributed by atoms with Crippen LogP contribution in [-0.4, -0.2) is 31.4 Å². The smallest absolute Gasteiger partial charge is 0.181 e. The van der Waals surface area contributed by atoms with Crippen molar-refractivity contribution in [1.82, 2.24) is 24.3 Å². The van der Waals surface area contributed by atoms with Crippen LogP contribution in [0.5, 0.6) is 5.75 Å². The molecule has 0 aliphatic carbocycles. The zero-order chi connectivity index (χ0) is 21.5. The molecule has 6 nitrogen and oxygen atoms in total. The number of hydrogen-bond donors (Lipinski definition) is 0. The SMILES string of the molecule is COc1cc(-c2nc3n(n2)CCCC3c2ccc(F)cc2F)ccc1-n1cnc(C)c1. The molecule has 1 unspecified atom stereocenters. The minimum Gasteiger partial charge on any atom is -0.495 e. The van der Waals surface area contributed by atoms with Gasteiger partial charge < -0.3 is 9.30 Å². The summed E-state index contributed by atoms with van der Waals surface area (Å²) >= 11 is 0. The number of imidazole rings is 1. The molecule has 0 radical (unpaired) electrons. The summed E-state index contributed by atoms with van der Waals surface area (Å²) in [5, 5.41) is 4.66. The molecule has 1 aliphatic rings. The molecule has 0 bridgehead atoms. The van der Waals surface area contributed by atoms with Crippen LogP contribution in [0.25, 0.3) is 17.1 Å². The number of nitrogens with zero attached hydrogens (tertiary/aromatic N) is 5. The Bertz CT molecular complexity index is 1260. The van der Waals surface area contributed by atoms with Crippen molar-refractivity contribution in [2.75, 3.05) is 7.11 Å². The van der Waals surface area contributed by atoms with E-state index in [1.54, 1.807) is 13.4 Å². The third-order valence-corrected chi connectivity index (χ3v) is 5.64. The Hall–Kier alpha value is -3.55. The summed E-state index contributed by atoms with van der Waals surface area (Å²) in [7, 11) is 1.62. The Kier molecular flexibility index (Phi) is 4.77. The molecule has 2 aromatic carbocycles. The van der Waals surface area contributed by atoms with Gasteiger partial charge in [-0.25, -0.2) is 23.4 Å². The molecule has 0 saturated carbocycles. The fourth-order valence-corrected chi connectivity index (χ4v) is 4.13. The molecule has 5 rings (SSSR count). The first kappa shape index (κ1) is 19.4. The Morgan fingerprint density at radius 2 is 2.00 bits per heavy atom. The maximum absolute atomic E-state index is 14.4. The number of aryl methyl sites for hydroxylation is 2. The van der Waals surface area contributed by atoms with E-state index in [9.17, 15) is 8.78 Å². The van der Waals surface area contributed by atoms with Gasteiger partial charge in [-0.1, -0.05) is 6.07 Å². The lowest BCUT2D eigenvalue weighted by molar-refractivity contribution is 0.413. The average molecular weight is 421 g/mol. The van der Waals surface area contributed by atoms with Gasteiger partial charge in [-0.2, -0.15) is 5.10 Å². The number of halogens is 2. The second-order valence-electron chi connectivity index (χ2n) is 7.69. The van der Waals surface area contributed by atoms with Crippen molar-refractivity contribution in [3.63, 3.8) is 0 Å². The van der Waals surface area contributed by atoms with Crippen molar-refractivity contribution < 1.29 is 13.5 Å². The molecule has 3 heterocycles. The molecule has 31 heavy (non-hydrogen) atoms. The maximum Gasteiger partial charge on any atom is 0.181 e. The van der Waals surface area contributed by atoms with Gasteiger partial charge in [0.15, 0.2) is 5.82 Å². The number of ether oxygens (including phenoxy) is 1. The van der Waals surface area contributed by atoms with Gasteiger partial charge in [-0.05, 0) is 49.6 Å². The molecule has 0 amide bonds. The minimum atomic E-state index is -0.584. The molecule has 1 atom stereocenters.